The van der Waals surface area contributed by atoms with Crippen LogP contribution in [0.5, 0.6) is 0 Å². The molecule has 3 N–H and O–H groups in total. The van der Waals surface area contributed by atoms with Crippen molar-refractivity contribution in [2.75, 3.05) is 31.1 Å². The van der Waals surface area contributed by atoms with Crippen molar-refractivity contribution in [3.63, 3.8) is 0 Å². The first-order chi connectivity index (χ1) is 12.3. The Morgan fingerprint density at radius 1 is 1.12 bits per heavy atom. The number of nitrogens with one attached hydrogen (secondary N) is 1. The van der Waals surface area contributed by atoms with Crippen LogP contribution in [0, 0.1) is 0 Å². The third kappa shape index (κ3) is 4.03. The van der Waals surface area contributed by atoms with Gasteiger partial charge in [0.15, 0.2) is 5.96 Å². The smallest absolute Gasteiger partial charge is 0.225 e. The molecule has 4 heterocycles. The highest BCUT2D eigenvalue weighted by atomic mass is 127. The molecule has 0 aliphatic carbocycles. The Bertz CT molecular complexity index is 871. The van der Waals surface area contributed by atoms with Crippen molar-refractivity contribution in [3.8, 4) is 0 Å². The van der Waals surface area contributed by atoms with Crippen LogP contribution >= 0.6 is 24.0 Å². The monoisotopic (exact) mass is 464 g/mol. The quantitative estimate of drug-likeness (QED) is 0.347. The van der Waals surface area contributed by atoms with Crippen LogP contribution in [0.4, 0.5) is 5.95 Å². The maximum atomic E-state index is 6.16. The molecule has 26 heavy (non-hydrogen) atoms. The molecule has 4 rings (SSSR count). The molecule has 0 saturated carbocycles. The first-order valence-corrected chi connectivity index (χ1v) is 8.29. The van der Waals surface area contributed by atoms with Gasteiger partial charge in [0.1, 0.15) is 5.65 Å². The Morgan fingerprint density at radius 3 is 2.65 bits per heavy atom. The number of fused-ring (bicyclic) bond motifs is 1. The number of rotatable bonds is 3. The number of aromatic nitrogens is 4. The highest BCUT2D eigenvalue weighted by molar-refractivity contribution is 14.0. The number of pyridine rings is 1. The Morgan fingerprint density at radius 2 is 1.88 bits per heavy atom. The van der Waals surface area contributed by atoms with Gasteiger partial charge in [0.2, 0.25) is 5.95 Å². The fourth-order valence-corrected chi connectivity index (χ4v) is 2.91. The number of anilines is 1. The summed E-state index contributed by atoms with van der Waals surface area (Å²) >= 11 is 0. The molecule has 9 heteroatoms. The lowest BCUT2D eigenvalue weighted by atomic mass is 10.3. The van der Waals surface area contributed by atoms with E-state index < -0.39 is 0 Å². The molecule has 8 nitrogen and oxygen atoms in total. The molecule has 136 valence electrons. The second kappa shape index (κ2) is 8.30. The number of guanidine groups is 1. The second-order valence-corrected chi connectivity index (χ2v) is 5.92. The molecule has 0 atom stereocenters. The maximum Gasteiger partial charge on any atom is 0.225 e. The molecular weight excluding hydrogens is 443 g/mol. The highest BCUT2D eigenvalue weighted by Gasteiger charge is 2.19. The zero-order valence-electron chi connectivity index (χ0n) is 14.2. The van der Waals surface area contributed by atoms with Gasteiger partial charge in [0.25, 0.3) is 0 Å². The number of hydrogen-bond donors (Lipinski definition) is 2. The summed E-state index contributed by atoms with van der Waals surface area (Å²) in [6.45, 7) is 3.73. The van der Waals surface area contributed by atoms with Crippen LogP contribution in [-0.2, 0) is 6.54 Å². The van der Waals surface area contributed by atoms with Gasteiger partial charge in [-0.3, -0.25) is 0 Å². The largest absolute Gasteiger partial charge is 0.370 e. The van der Waals surface area contributed by atoms with Gasteiger partial charge >= 0.3 is 0 Å². The number of aromatic amines is 1. The predicted molar refractivity (Wildman–Crippen MR) is 113 cm³/mol. The van der Waals surface area contributed by atoms with Gasteiger partial charge < -0.3 is 20.5 Å². The van der Waals surface area contributed by atoms with Gasteiger partial charge in [-0.15, -0.1) is 24.0 Å². The van der Waals surface area contributed by atoms with Crippen molar-refractivity contribution in [2.45, 2.75) is 6.54 Å². The van der Waals surface area contributed by atoms with E-state index in [9.17, 15) is 0 Å². The maximum absolute atomic E-state index is 6.16. The van der Waals surface area contributed by atoms with Crippen LogP contribution in [0.15, 0.2) is 47.8 Å². The SMILES string of the molecule is I.NC(=NCc1ccc2cc[nH]c2n1)N1CCN(c2ncccn2)CC1. The molecular formula is C17H21IN8. The van der Waals surface area contributed by atoms with Gasteiger partial charge in [-0.05, 0) is 24.3 Å². The molecule has 3 aromatic rings. The molecule has 0 aromatic carbocycles. The fourth-order valence-electron chi connectivity index (χ4n) is 2.91. The molecule has 0 spiro atoms. The Kier molecular flexibility index (Phi) is 5.86. The summed E-state index contributed by atoms with van der Waals surface area (Å²) in [7, 11) is 0. The zero-order chi connectivity index (χ0) is 17.1. The summed E-state index contributed by atoms with van der Waals surface area (Å²) < 4.78 is 0. The second-order valence-electron chi connectivity index (χ2n) is 5.92. The Balaban J connectivity index is 0.00000196. The van der Waals surface area contributed by atoms with Crippen LogP contribution in [0.1, 0.15) is 5.69 Å². The lowest BCUT2D eigenvalue weighted by molar-refractivity contribution is 0.378. The predicted octanol–water partition coefficient (Wildman–Crippen LogP) is 1.61. The van der Waals surface area contributed by atoms with E-state index in [4.69, 9.17) is 5.73 Å². The molecule has 1 aliphatic rings. The zero-order valence-corrected chi connectivity index (χ0v) is 16.6. The van der Waals surface area contributed by atoms with Crippen molar-refractivity contribution in [1.29, 1.82) is 0 Å². The van der Waals surface area contributed by atoms with Crippen LogP contribution in [0.25, 0.3) is 11.0 Å². The number of halogens is 1. The molecule has 1 aliphatic heterocycles. The van der Waals surface area contributed by atoms with Crippen molar-refractivity contribution in [3.05, 3.63) is 48.5 Å². The fraction of sp³-hybridized carbons (Fsp3) is 0.294. The lowest BCUT2D eigenvalue weighted by Crippen LogP contribution is -2.51. The van der Waals surface area contributed by atoms with E-state index in [-0.39, 0.29) is 24.0 Å². The number of aliphatic imine (C=N–C) groups is 1. The highest BCUT2D eigenvalue weighted by Crippen LogP contribution is 2.12. The number of hydrogen-bond acceptors (Lipinski definition) is 5. The van der Waals surface area contributed by atoms with Crippen molar-refractivity contribution < 1.29 is 0 Å². The van der Waals surface area contributed by atoms with Gasteiger partial charge in [0.05, 0.1) is 12.2 Å². The average molecular weight is 464 g/mol. The van der Waals surface area contributed by atoms with Crippen molar-refractivity contribution in [1.82, 2.24) is 24.8 Å². The lowest BCUT2D eigenvalue weighted by Gasteiger charge is -2.35. The number of piperazine rings is 1. The summed E-state index contributed by atoms with van der Waals surface area (Å²) in [5.41, 5.74) is 7.94. The Hall–Kier alpha value is -2.43. The summed E-state index contributed by atoms with van der Waals surface area (Å²) in [4.78, 5) is 25.0. The minimum absolute atomic E-state index is 0. The van der Waals surface area contributed by atoms with Crippen LogP contribution in [0.3, 0.4) is 0 Å². The third-order valence-corrected chi connectivity index (χ3v) is 4.31. The van der Waals surface area contributed by atoms with Crippen LogP contribution in [-0.4, -0.2) is 57.0 Å². The number of H-pyrrole nitrogens is 1. The summed E-state index contributed by atoms with van der Waals surface area (Å²) in [5, 5.41) is 1.10. The molecule has 3 aromatic heterocycles. The number of nitrogens with two attached hydrogens (primary N) is 1. The van der Waals surface area contributed by atoms with E-state index in [2.05, 4.69) is 34.7 Å². The van der Waals surface area contributed by atoms with Crippen molar-refractivity contribution >= 4 is 46.9 Å². The van der Waals surface area contributed by atoms with E-state index >= 15 is 0 Å². The van der Waals surface area contributed by atoms with Gasteiger partial charge in [-0.2, -0.15) is 0 Å². The van der Waals surface area contributed by atoms with E-state index in [1.807, 2.05) is 30.5 Å². The van der Waals surface area contributed by atoms with Crippen molar-refractivity contribution in [2.24, 2.45) is 10.7 Å². The molecule has 0 amide bonds. The van der Waals surface area contributed by atoms with Gasteiger partial charge in [-0.25, -0.2) is 19.9 Å². The minimum atomic E-state index is 0. The first kappa shape index (κ1) is 18.4. The molecule has 0 radical (unpaired) electrons. The summed E-state index contributed by atoms with van der Waals surface area (Å²) in [6, 6.07) is 7.85. The summed E-state index contributed by atoms with van der Waals surface area (Å²) in [5.74, 6) is 1.32. The van der Waals surface area contributed by atoms with Crippen LogP contribution in [0.2, 0.25) is 0 Å². The normalized spacial score (nSPS) is 15.2. The van der Waals surface area contributed by atoms with Crippen LogP contribution < -0.4 is 10.6 Å². The van der Waals surface area contributed by atoms with Gasteiger partial charge in [0, 0.05) is 50.2 Å². The first-order valence-electron chi connectivity index (χ1n) is 8.29. The molecule has 1 saturated heterocycles. The van der Waals surface area contributed by atoms with E-state index in [0.717, 1.165) is 48.9 Å². The average Bonchev–Trinajstić information content (AvgIpc) is 3.15. The minimum Gasteiger partial charge on any atom is -0.370 e. The topological polar surface area (TPSA) is 99.3 Å². The van der Waals surface area contributed by atoms with Gasteiger partial charge in [-0.1, -0.05) is 0 Å². The Labute approximate surface area is 168 Å². The standard InChI is InChI=1S/C17H20N8.HI/c18-16(22-12-14-3-2-13-4-7-19-15(13)23-14)24-8-10-25(11-9-24)17-20-5-1-6-21-17;/h1-7H,8-12H2,(H2,18,22)(H,19,23);1H. The molecule has 1 fully saturated rings. The van der Waals surface area contributed by atoms with E-state index in [1.165, 1.54) is 0 Å². The molecule has 0 bridgehead atoms. The third-order valence-electron chi connectivity index (χ3n) is 4.31. The number of nitrogens with zero attached hydrogens (tertiary/aromatic N) is 6. The van der Waals surface area contributed by atoms with E-state index in [0.29, 0.717) is 12.5 Å². The summed E-state index contributed by atoms with van der Waals surface area (Å²) in [6.07, 6.45) is 5.41. The molecule has 0 unspecified atom stereocenters. The van der Waals surface area contributed by atoms with E-state index in [1.54, 1.807) is 12.4 Å².